The van der Waals surface area contributed by atoms with Gasteiger partial charge in [0.15, 0.2) is 0 Å². The van der Waals surface area contributed by atoms with Gasteiger partial charge in [-0.1, -0.05) is 20.4 Å². The lowest BCUT2D eigenvalue weighted by atomic mass is 10.3. The summed E-state index contributed by atoms with van der Waals surface area (Å²) in [5, 5.41) is 8.62. The molecule has 0 aliphatic heterocycles. The molecule has 0 rings (SSSR count). The lowest BCUT2D eigenvalue weighted by Gasteiger charge is -1.86. The SMILES string of the molecule is C=C/C(N)=C\C=C(/C)O.CC. The van der Waals surface area contributed by atoms with Crippen LogP contribution in [0.1, 0.15) is 20.8 Å². The Morgan fingerprint density at radius 1 is 1.36 bits per heavy atom. The number of hydrogen-bond donors (Lipinski definition) is 2. The first-order valence-electron chi connectivity index (χ1n) is 3.62. The van der Waals surface area contributed by atoms with E-state index in [1.54, 1.807) is 13.0 Å². The zero-order valence-electron chi connectivity index (χ0n) is 7.46. The minimum atomic E-state index is 0.236. The van der Waals surface area contributed by atoms with Crippen LogP contribution in [0.25, 0.3) is 0 Å². The van der Waals surface area contributed by atoms with Crippen LogP contribution in [-0.4, -0.2) is 5.11 Å². The zero-order chi connectivity index (χ0) is 9.28. The molecule has 0 radical (unpaired) electrons. The molecule has 0 saturated heterocycles. The molecule has 3 N–H and O–H groups in total. The molecule has 0 aromatic rings. The van der Waals surface area contributed by atoms with Crippen molar-refractivity contribution in [2.45, 2.75) is 20.8 Å². The van der Waals surface area contributed by atoms with Gasteiger partial charge in [-0.05, 0) is 25.2 Å². The smallest absolute Gasteiger partial charge is 0.0892 e. The first-order chi connectivity index (χ1) is 5.16. The van der Waals surface area contributed by atoms with Crippen LogP contribution in [0.3, 0.4) is 0 Å². The zero-order valence-corrected chi connectivity index (χ0v) is 7.46. The number of nitrogens with two attached hydrogens (primary N) is 1. The monoisotopic (exact) mass is 155 g/mol. The molecule has 0 saturated carbocycles. The van der Waals surface area contributed by atoms with Gasteiger partial charge in [-0.2, -0.15) is 0 Å². The van der Waals surface area contributed by atoms with Gasteiger partial charge in [0, 0.05) is 5.70 Å². The summed E-state index contributed by atoms with van der Waals surface area (Å²) in [4.78, 5) is 0. The molecule has 0 fully saturated rings. The fraction of sp³-hybridized carbons (Fsp3) is 0.333. The van der Waals surface area contributed by atoms with Gasteiger partial charge in [0.1, 0.15) is 0 Å². The number of rotatable bonds is 2. The molecule has 2 heteroatoms. The van der Waals surface area contributed by atoms with E-state index in [9.17, 15) is 0 Å². The van der Waals surface area contributed by atoms with E-state index in [-0.39, 0.29) is 5.76 Å². The van der Waals surface area contributed by atoms with E-state index in [0.717, 1.165) is 0 Å². The van der Waals surface area contributed by atoms with Gasteiger partial charge in [0.25, 0.3) is 0 Å². The Bertz CT molecular complexity index is 153. The maximum atomic E-state index is 8.62. The van der Waals surface area contributed by atoms with E-state index in [1.165, 1.54) is 12.2 Å². The predicted molar refractivity (Wildman–Crippen MR) is 50.2 cm³/mol. The van der Waals surface area contributed by atoms with Crippen LogP contribution < -0.4 is 5.73 Å². The van der Waals surface area contributed by atoms with Crippen LogP contribution in [-0.2, 0) is 0 Å². The molecule has 2 nitrogen and oxygen atoms in total. The maximum absolute atomic E-state index is 8.62. The van der Waals surface area contributed by atoms with Crippen molar-refractivity contribution in [1.29, 1.82) is 0 Å². The molecule has 0 spiro atoms. The van der Waals surface area contributed by atoms with Crippen molar-refractivity contribution in [2.75, 3.05) is 0 Å². The highest BCUT2D eigenvalue weighted by Crippen LogP contribution is 1.89. The number of hydrogen-bond acceptors (Lipinski definition) is 2. The summed E-state index contributed by atoms with van der Waals surface area (Å²) in [6.45, 7) is 9.01. The van der Waals surface area contributed by atoms with Crippen molar-refractivity contribution >= 4 is 0 Å². The summed E-state index contributed by atoms with van der Waals surface area (Å²) in [6, 6.07) is 0. The second kappa shape index (κ2) is 8.82. The molecule has 0 heterocycles. The molecule has 11 heavy (non-hydrogen) atoms. The van der Waals surface area contributed by atoms with Crippen molar-refractivity contribution in [1.82, 2.24) is 0 Å². The number of aliphatic hydroxyl groups is 1. The average molecular weight is 155 g/mol. The fourth-order valence-corrected chi connectivity index (χ4v) is 0.285. The van der Waals surface area contributed by atoms with Gasteiger partial charge < -0.3 is 10.8 Å². The molecule has 0 aliphatic carbocycles. The van der Waals surface area contributed by atoms with Gasteiger partial charge in [-0.3, -0.25) is 0 Å². The molecule has 64 valence electrons. The molecule has 0 atom stereocenters. The highest BCUT2D eigenvalue weighted by Gasteiger charge is 1.76. The quantitative estimate of drug-likeness (QED) is 0.475. The summed E-state index contributed by atoms with van der Waals surface area (Å²) in [7, 11) is 0. The first-order valence-corrected chi connectivity index (χ1v) is 3.62. The Morgan fingerprint density at radius 2 is 1.82 bits per heavy atom. The Kier molecular flexibility index (Phi) is 10.0. The van der Waals surface area contributed by atoms with Gasteiger partial charge in [0.05, 0.1) is 5.76 Å². The third-order valence-corrected chi connectivity index (χ3v) is 0.753. The van der Waals surface area contributed by atoms with E-state index in [4.69, 9.17) is 10.8 Å². The molecule has 0 unspecified atom stereocenters. The van der Waals surface area contributed by atoms with Crippen molar-refractivity contribution in [3.8, 4) is 0 Å². The standard InChI is InChI=1S/C7H11NO.C2H6/c1-3-7(8)5-4-6(2)9;1-2/h3-5,9H,1,8H2,2H3;1-2H3/b6-4+,7-5+;. The number of allylic oxidation sites excluding steroid dienone is 4. The van der Waals surface area contributed by atoms with Gasteiger partial charge >= 0.3 is 0 Å². The van der Waals surface area contributed by atoms with Crippen LogP contribution in [0.5, 0.6) is 0 Å². The molecule has 0 bridgehead atoms. The molecule has 0 aromatic heterocycles. The van der Waals surface area contributed by atoms with Gasteiger partial charge in [-0.15, -0.1) is 0 Å². The topological polar surface area (TPSA) is 46.2 Å². The van der Waals surface area contributed by atoms with Crippen LogP contribution in [0.15, 0.2) is 36.3 Å². The third kappa shape index (κ3) is 12.1. The molecule has 0 amide bonds. The first kappa shape index (κ1) is 12.5. The van der Waals surface area contributed by atoms with E-state index < -0.39 is 0 Å². The lowest BCUT2D eigenvalue weighted by Crippen LogP contribution is -1.90. The summed E-state index contributed by atoms with van der Waals surface area (Å²) in [6.07, 6.45) is 4.61. The molecular weight excluding hydrogens is 138 g/mol. The van der Waals surface area contributed by atoms with Crippen molar-refractivity contribution in [3.63, 3.8) is 0 Å². The summed E-state index contributed by atoms with van der Waals surface area (Å²) in [5.74, 6) is 0.236. The third-order valence-electron chi connectivity index (χ3n) is 0.753. The van der Waals surface area contributed by atoms with Crippen LogP contribution in [0.4, 0.5) is 0 Å². The Hall–Kier alpha value is -1.18. The Labute approximate surface area is 68.7 Å². The maximum Gasteiger partial charge on any atom is 0.0892 e. The minimum absolute atomic E-state index is 0.236. The summed E-state index contributed by atoms with van der Waals surface area (Å²) in [5.41, 5.74) is 5.85. The van der Waals surface area contributed by atoms with E-state index >= 15 is 0 Å². The number of aliphatic hydroxyl groups excluding tert-OH is 1. The van der Waals surface area contributed by atoms with Crippen LogP contribution >= 0.6 is 0 Å². The van der Waals surface area contributed by atoms with E-state index in [2.05, 4.69) is 6.58 Å². The average Bonchev–Trinajstić information content (AvgIpc) is 2.04. The van der Waals surface area contributed by atoms with Gasteiger partial charge in [0.2, 0.25) is 0 Å². The molecular formula is C9H17NO. The van der Waals surface area contributed by atoms with Crippen molar-refractivity contribution in [3.05, 3.63) is 36.3 Å². The van der Waals surface area contributed by atoms with Crippen LogP contribution in [0, 0.1) is 0 Å². The van der Waals surface area contributed by atoms with E-state index in [1.807, 2.05) is 13.8 Å². The fourth-order valence-electron chi connectivity index (χ4n) is 0.285. The molecule has 0 aromatic carbocycles. The minimum Gasteiger partial charge on any atom is -0.513 e. The second-order valence-corrected chi connectivity index (χ2v) is 1.68. The molecule has 0 aliphatic rings. The van der Waals surface area contributed by atoms with E-state index in [0.29, 0.717) is 5.70 Å². The van der Waals surface area contributed by atoms with Gasteiger partial charge in [-0.25, -0.2) is 0 Å². The second-order valence-electron chi connectivity index (χ2n) is 1.68. The van der Waals surface area contributed by atoms with Crippen molar-refractivity contribution in [2.24, 2.45) is 5.73 Å². The highest BCUT2D eigenvalue weighted by atomic mass is 16.3. The Morgan fingerprint density at radius 3 is 2.09 bits per heavy atom. The summed E-state index contributed by atoms with van der Waals surface area (Å²) >= 11 is 0. The van der Waals surface area contributed by atoms with Crippen molar-refractivity contribution < 1.29 is 5.11 Å². The normalized spacial score (nSPS) is 11.5. The highest BCUT2D eigenvalue weighted by molar-refractivity contribution is 5.19. The van der Waals surface area contributed by atoms with Crippen LogP contribution in [0.2, 0.25) is 0 Å². The lowest BCUT2D eigenvalue weighted by molar-refractivity contribution is 0.414. The Balaban J connectivity index is 0. The predicted octanol–water partition coefficient (Wildman–Crippen LogP) is 2.50. The summed E-state index contributed by atoms with van der Waals surface area (Å²) < 4.78 is 0. The largest absolute Gasteiger partial charge is 0.513 e.